The van der Waals surface area contributed by atoms with Crippen LogP contribution in [-0.2, 0) is 11.3 Å². The average Bonchev–Trinajstić information content (AvgIpc) is 3.48. The molecule has 7 nitrogen and oxygen atoms in total. The van der Waals surface area contributed by atoms with Crippen LogP contribution in [0.25, 0.3) is 11.4 Å². The molecular weight excluding hydrogens is 436 g/mol. The predicted molar refractivity (Wildman–Crippen MR) is 130 cm³/mol. The van der Waals surface area contributed by atoms with Crippen LogP contribution in [0.15, 0.2) is 53.7 Å². The van der Waals surface area contributed by atoms with E-state index < -0.39 is 0 Å². The van der Waals surface area contributed by atoms with Crippen molar-refractivity contribution in [2.45, 2.75) is 57.3 Å². The Kier molecular flexibility index (Phi) is 7.44. The Labute approximate surface area is 197 Å². The summed E-state index contributed by atoms with van der Waals surface area (Å²) in [6.45, 7) is 4.22. The van der Waals surface area contributed by atoms with Gasteiger partial charge in [0.15, 0.2) is 16.8 Å². The van der Waals surface area contributed by atoms with Gasteiger partial charge in [0.1, 0.15) is 5.75 Å². The number of Topliss-reactive ketones (excluding diaryl/α,β-unsaturated/α-hetero) is 1. The van der Waals surface area contributed by atoms with Gasteiger partial charge in [-0.2, -0.15) is 0 Å². The highest BCUT2D eigenvalue weighted by Gasteiger charge is 2.18. The van der Waals surface area contributed by atoms with Gasteiger partial charge in [0, 0.05) is 23.4 Å². The molecule has 3 aromatic rings. The van der Waals surface area contributed by atoms with Crippen molar-refractivity contribution in [2.24, 2.45) is 0 Å². The summed E-state index contributed by atoms with van der Waals surface area (Å²) in [6, 6.07) is 14.9. The van der Waals surface area contributed by atoms with Gasteiger partial charge in [-0.15, -0.1) is 10.2 Å². The van der Waals surface area contributed by atoms with Gasteiger partial charge in [-0.25, -0.2) is 0 Å². The van der Waals surface area contributed by atoms with Gasteiger partial charge in [0.2, 0.25) is 5.91 Å². The van der Waals surface area contributed by atoms with Gasteiger partial charge in [-0.05, 0) is 75.9 Å². The zero-order valence-corrected chi connectivity index (χ0v) is 19.7. The molecule has 0 aliphatic heterocycles. The molecule has 1 fully saturated rings. The maximum atomic E-state index is 12.4. The van der Waals surface area contributed by atoms with Gasteiger partial charge >= 0.3 is 0 Å². The summed E-state index contributed by atoms with van der Waals surface area (Å²) in [5, 5.41) is 12.2. The number of thioether (sulfide) groups is 1. The van der Waals surface area contributed by atoms with Gasteiger partial charge in [0.25, 0.3) is 0 Å². The molecule has 1 aliphatic rings. The summed E-state index contributed by atoms with van der Waals surface area (Å²) < 4.78 is 8.05. The van der Waals surface area contributed by atoms with Crippen LogP contribution in [0.3, 0.4) is 0 Å². The lowest BCUT2D eigenvalue weighted by atomic mass is 10.1. The van der Waals surface area contributed by atoms with Gasteiger partial charge < -0.3 is 14.6 Å². The number of nitrogens with zero attached hydrogens (tertiary/aromatic N) is 3. The average molecular weight is 465 g/mol. The van der Waals surface area contributed by atoms with Crippen LogP contribution in [0.4, 0.5) is 5.69 Å². The minimum atomic E-state index is -0.165. The van der Waals surface area contributed by atoms with Crippen molar-refractivity contribution in [3.8, 4) is 17.1 Å². The number of amides is 1. The quantitative estimate of drug-likeness (QED) is 0.345. The van der Waals surface area contributed by atoms with Crippen molar-refractivity contribution >= 4 is 29.1 Å². The minimum absolute atomic E-state index is 0.0396. The lowest BCUT2D eigenvalue weighted by Gasteiger charge is -2.13. The fourth-order valence-electron chi connectivity index (χ4n) is 3.92. The zero-order valence-electron chi connectivity index (χ0n) is 18.9. The molecule has 1 aromatic heterocycles. The van der Waals surface area contributed by atoms with Crippen molar-refractivity contribution in [1.82, 2.24) is 14.8 Å². The molecule has 1 amide bonds. The summed E-state index contributed by atoms with van der Waals surface area (Å²) in [4.78, 5) is 24.0. The molecule has 1 saturated carbocycles. The third kappa shape index (κ3) is 5.82. The first kappa shape index (κ1) is 23.0. The molecule has 172 valence electrons. The minimum Gasteiger partial charge on any atom is -0.490 e. The number of ether oxygens (including phenoxy) is 1. The summed E-state index contributed by atoms with van der Waals surface area (Å²) in [7, 11) is 0. The third-order valence-electron chi connectivity index (χ3n) is 5.64. The van der Waals surface area contributed by atoms with Crippen molar-refractivity contribution in [1.29, 1.82) is 0 Å². The first-order valence-corrected chi connectivity index (χ1v) is 12.3. The Balaban J connectivity index is 1.38. The van der Waals surface area contributed by atoms with E-state index in [1.54, 1.807) is 24.3 Å². The van der Waals surface area contributed by atoms with Crippen LogP contribution in [0.2, 0.25) is 0 Å². The number of ketones is 1. The second kappa shape index (κ2) is 10.7. The molecule has 4 rings (SSSR count). The van der Waals surface area contributed by atoms with Crippen molar-refractivity contribution in [2.75, 3.05) is 11.1 Å². The summed E-state index contributed by atoms with van der Waals surface area (Å²) in [5.41, 5.74) is 2.13. The molecule has 0 spiro atoms. The van der Waals surface area contributed by atoms with Crippen LogP contribution in [0.1, 0.15) is 49.9 Å². The Morgan fingerprint density at radius 1 is 1.12 bits per heavy atom. The molecule has 0 atom stereocenters. The van der Waals surface area contributed by atoms with E-state index in [0.717, 1.165) is 30.0 Å². The Bertz CT molecular complexity index is 1120. The molecule has 2 aromatic carbocycles. The van der Waals surface area contributed by atoms with E-state index in [-0.39, 0.29) is 17.4 Å². The van der Waals surface area contributed by atoms with Crippen LogP contribution in [0, 0.1) is 0 Å². The molecule has 1 aliphatic carbocycles. The topological polar surface area (TPSA) is 86.1 Å². The highest BCUT2D eigenvalue weighted by molar-refractivity contribution is 7.99. The Hall–Kier alpha value is -3.13. The first-order chi connectivity index (χ1) is 16.0. The molecular formula is C25H28N4O3S. The number of carbonyl (C=O) groups is 2. The van der Waals surface area contributed by atoms with Crippen LogP contribution >= 0.6 is 11.8 Å². The number of benzene rings is 2. The number of nitrogens with one attached hydrogen (secondary N) is 1. The fraction of sp³-hybridized carbons (Fsp3) is 0.360. The maximum Gasteiger partial charge on any atom is 0.234 e. The number of hydrogen-bond acceptors (Lipinski definition) is 6. The van der Waals surface area contributed by atoms with E-state index in [1.165, 1.54) is 31.5 Å². The van der Waals surface area contributed by atoms with Crippen molar-refractivity contribution in [3.05, 3.63) is 54.1 Å². The van der Waals surface area contributed by atoms with E-state index >= 15 is 0 Å². The normalized spacial score (nSPS) is 13.8. The largest absolute Gasteiger partial charge is 0.490 e. The molecule has 8 heteroatoms. The van der Waals surface area contributed by atoms with E-state index in [4.69, 9.17) is 4.74 Å². The molecule has 0 bridgehead atoms. The first-order valence-electron chi connectivity index (χ1n) is 11.3. The standard InChI is InChI=1S/C25H28N4O3S/c1-3-29-24(18-11-13-22(14-12-18)32-21-9-4-5-10-21)27-28-25(29)33-16-23(31)26-20-8-6-7-19(15-20)17(2)30/h6-8,11-15,21H,3-5,9-10,16H2,1-2H3,(H,26,31). The van der Waals surface area contributed by atoms with E-state index in [1.807, 2.05) is 35.8 Å². The van der Waals surface area contributed by atoms with Crippen LogP contribution < -0.4 is 10.1 Å². The summed E-state index contributed by atoms with van der Waals surface area (Å²) in [6.07, 6.45) is 5.07. The van der Waals surface area contributed by atoms with Gasteiger partial charge in [-0.3, -0.25) is 9.59 Å². The second-order valence-electron chi connectivity index (χ2n) is 8.07. The number of rotatable bonds is 9. The summed E-state index contributed by atoms with van der Waals surface area (Å²) in [5.74, 6) is 1.63. The number of hydrogen-bond donors (Lipinski definition) is 1. The van der Waals surface area contributed by atoms with Crippen molar-refractivity contribution in [3.63, 3.8) is 0 Å². The molecule has 33 heavy (non-hydrogen) atoms. The fourth-order valence-corrected chi connectivity index (χ4v) is 4.72. The highest BCUT2D eigenvalue weighted by Crippen LogP contribution is 2.28. The smallest absolute Gasteiger partial charge is 0.234 e. The number of anilines is 1. The van der Waals surface area contributed by atoms with Gasteiger partial charge in [-0.1, -0.05) is 23.9 Å². The second-order valence-corrected chi connectivity index (χ2v) is 9.02. The SMILES string of the molecule is CCn1c(SCC(=O)Nc2cccc(C(C)=O)c2)nnc1-c1ccc(OC2CCCC2)cc1. The number of carbonyl (C=O) groups excluding carboxylic acids is 2. The molecule has 0 unspecified atom stereocenters. The van der Waals surface area contributed by atoms with E-state index in [2.05, 4.69) is 15.5 Å². The third-order valence-corrected chi connectivity index (χ3v) is 6.60. The molecule has 0 radical (unpaired) electrons. The monoisotopic (exact) mass is 464 g/mol. The van der Waals surface area contributed by atoms with E-state index in [9.17, 15) is 9.59 Å². The highest BCUT2D eigenvalue weighted by atomic mass is 32.2. The van der Waals surface area contributed by atoms with E-state index in [0.29, 0.717) is 29.1 Å². The predicted octanol–water partition coefficient (Wildman–Crippen LogP) is 5.22. The van der Waals surface area contributed by atoms with Gasteiger partial charge in [0.05, 0.1) is 11.9 Å². The Morgan fingerprint density at radius 3 is 2.58 bits per heavy atom. The van der Waals surface area contributed by atoms with Crippen LogP contribution in [-0.4, -0.2) is 38.3 Å². The molecule has 0 saturated heterocycles. The maximum absolute atomic E-state index is 12.4. The Morgan fingerprint density at radius 2 is 1.88 bits per heavy atom. The lowest BCUT2D eigenvalue weighted by molar-refractivity contribution is -0.113. The number of aromatic nitrogens is 3. The molecule has 1 N–H and O–H groups in total. The lowest BCUT2D eigenvalue weighted by Crippen LogP contribution is -2.15. The zero-order chi connectivity index (χ0) is 23.2. The molecule has 1 heterocycles. The summed E-state index contributed by atoms with van der Waals surface area (Å²) >= 11 is 1.34. The van der Waals surface area contributed by atoms with Crippen molar-refractivity contribution < 1.29 is 14.3 Å². The van der Waals surface area contributed by atoms with Crippen LogP contribution in [0.5, 0.6) is 5.75 Å².